The summed E-state index contributed by atoms with van der Waals surface area (Å²) in [5.41, 5.74) is 8.07. The smallest absolute Gasteiger partial charge is 0.0949 e. The number of hydrogen-bond donors (Lipinski definition) is 2. The van der Waals surface area contributed by atoms with E-state index in [2.05, 4.69) is 24.0 Å². The van der Waals surface area contributed by atoms with E-state index in [9.17, 15) is 0 Å². The first kappa shape index (κ1) is 10.3. The monoisotopic (exact) mass is 206 g/mol. The van der Waals surface area contributed by atoms with Crippen molar-refractivity contribution in [1.29, 1.82) is 0 Å². The van der Waals surface area contributed by atoms with Gasteiger partial charge in [-0.05, 0) is 19.1 Å². The van der Waals surface area contributed by atoms with Gasteiger partial charge in [-0.1, -0.05) is 12.1 Å². The molecule has 1 heterocycles. The molecular weight excluding hydrogens is 186 g/mol. The molecule has 1 aliphatic heterocycles. The fourth-order valence-electron chi connectivity index (χ4n) is 2.19. The van der Waals surface area contributed by atoms with Gasteiger partial charge >= 0.3 is 0 Å². The van der Waals surface area contributed by atoms with E-state index < -0.39 is 0 Å². The van der Waals surface area contributed by atoms with Gasteiger partial charge in [0.05, 0.1) is 44.1 Å². The largest absolute Gasteiger partial charge is 0.397 e. The second-order valence-corrected chi connectivity index (χ2v) is 4.15. The average molecular weight is 206 g/mol. The second-order valence-electron chi connectivity index (χ2n) is 4.15. The molecule has 0 radical (unpaired) electrons. The Morgan fingerprint density at radius 3 is 2.53 bits per heavy atom. The molecule has 0 atom stereocenters. The Bertz CT molecular complexity index is 316. The topological polar surface area (TPSA) is 33.7 Å². The molecule has 2 rings (SSSR count). The number of nitrogen functional groups attached to an aromatic ring is 1. The Labute approximate surface area is 91.5 Å². The fraction of sp³-hybridized carbons (Fsp3) is 0.500. The molecule has 1 fully saturated rings. The van der Waals surface area contributed by atoms with Crippen LogP contribution in [0.4, 0.5) is 11.4 Å². The Morgan fingerprint density at radius 2 is 1.93 bits per heavy atom. The summed E-state index contributed by atoms with van der Waals surface area (Å²) in [5, 5.41) is 0. The highest BCUT2D eigenvalue weighted by atomic mass is 15.3. The van der Waals surface area contributed by atoms with Gasteiger partial charge in [-0.2, -0.15) is 0 Å². The van der Waals surface area contributed by atoms with Crippen LogP contribution in [0.2, 0.25) is 0 Å². The lowest BCUT2D eigenvalue weighted by atomic mass is 10.2. The van der Waals surface area contributed by atoms with Crippen LogP contribution < -0.4 is 15.5 Å². The van der Waals surface area contributed by atoms with Gasteiger partial charge in [-0.25, -0.2) is 0 Å². The summed E-state index contributed by atoms with van der Waals surface area (Å²) in [7, 11) is 0. The standard InChI is InChI=1S/C12H19N3/c1-2-14-7-9-15(10-8-14)12-6-4-3-5-11(12)13/h3-6H,2,7-10,13H2,1H3/p+1. The van der Waals surface area contributed by atoms with E-state index in [0.717, 1.165) is 18.8 Å². The van der Waals surface area contributed by atoms with E-state index in [-0.39, 0.29) is 0 Å². The van der Waals surface area contributed by atoms with E-state index in [1.165, 1.54) is 25.3 Å². The molecule has 0 aromatic heterocycles. The molecular formula is C12H20N3+. The average Bonchev–Trinajstić information content (AvgIpc) is 2.30. The van der Waals surface area contributed by atoms with Crippen LogP contribution in [-0.2, 0) is 0 Å². The van der Waals surface area contributed by atoms with Crippen LogP contribution in [0.15, 0.2) is 24.3 Å². The van der Waals surface area contributed by atoms with Gasteiger partial charge < -0.3 is 15.5 Å². The van der Waals surface area contributed by atoms with Gasteiger partial charge in [0.25, 0.3) is 0 Å². The number of quaternary nitrogens is 1. The van der Waals surface area contributed by atoms with Gasteiger partial charge in [-0.15, -0.1) is 0 Å². The summed E-state index contributed by atoms with van der Waals surface area (Å²) in [6.07, 6.45) is 0. The summed E-state index contributed by atoms with van der Waals surface area (Å²) in [6.45, 7) is 8.18. The quantitative estimate of drug-likeness (QED) is 0.668. The van der Waals surface area contributed by atoms with Crippen molar-refractivity contribution in [2.75, 3.05) is 43.4 Å². The molecule has 0 bridgehead atoms. The number of nitrogens with two attached hydrogens (primary N) is 1. The Kier molecular flexibility index (Phi) is 3.11. The molecule has 82 valence electrons. The van der Waals surface area contributed by atoms with Gasteiger partial charge in [0.1, 0.15) is 0 Å². The van der Waals surface area contributed by atoms with Gasteiger partial charge in [0.15, 0.2) is 0 Å². The van der Waals surface area contributed by atoms with Crippen LogP contribution in [0.25, 0.3) is 0 Å². The Balaban J connectivity index is 2.04. The second kappa shape index (κ2) is 4.53. The highest BCUT2D eigenvalue weighted by molar-refractivity contribution is 5.67. The van der Waals surface area contributed by atoms with E-state index >= 15 is 0 Å². The highest BCUT2D eigenvalue weighted by Crippen LogP contribution is 2.21. The number of benzene rings is 1. The predicted molar refractivity (Wildman–Crippen MR) is 64.3 cm³/mol. The van der Waals surface area contributed by atoms with Crippen LogP contribution in [0.5, 0.6) is 0 Å². The van der Waals surface area contributed by atoms with Crippen molar-refractivity contribution >= 4 is 11.4 Å². The minimum atomic E-state index is 0.900. The summed E-state index contributed by atoms with van der Waals surface area (Å²) in [6, 6.07) is 8.15. The Morgan fingerprint density at radius 1 is 1.27 bits per heavy atom. The summed E-state index contributed by atoms with van der Waals surface area (Å²) < 4.78 is 0. The molecule has 3 N–H and O–H groups in total. The van der Waals surface area contributed by atoms with Crippen molar-refractivity contribution in [3.05, 3.63) is 24.3 Å². The number of hydrogen-bond acceptors (Lipinski definition) is 2. The lowest BCUT2D eigenvalue weighted by molar-refractivity contribution is -0.898. The number of nitrogens with zero attached hydrogens (tertiary/aromatic N) is 1. The number of likely N-dealkylation sites (N-methyl/N-ethyl adjacent to an activating group) is 1. The molecule has 1 aliphatic rings. The summed E-state index contributed by atoms with van der Waals surface area (Å²) in [4.78, 5) is 4.09. The molecule has 0 amide bonds. The van der Waals surface area contributed by atoms with E-state index in [1.54, 1.807) is 4.90 Å². The third-order valence-corrected chi connectivity index (χ3v) is 3.25. The van der Waals surface area contributed by atoms with Crippen molar-refractivity contribution in [2.24, 2.45) is 0 Å². The first-order chi connectivity index (χ1) is 7.31. The van der Waals surface area contributed by atoms with E-state index in [0.29, 0.717) is 0 Å². The molecule has 0 aliphatic carbocycles. The minimum Gasteiger partial charge on any atom is -0.397 e. The van der Waals surface area contributed by atoms with Crippen LogP contribution >= 0.6 is 0 Å². The zero-order valence-electron chi connectivity index (χ0n) is 9.37. The number of para-hydroxylation sites is 2. The molecule has 0 saturated carbocycles. The summed E-state index contributed by atoms with van der Waals surface area (Å²) in [5.74, 6) is 0. The zero-order chi connectivity index (χ0) is 10.7. The van der Waals surface area contributed by atoms with Crippen LogP contribution in [-0.4, -0.2) is 32.7 Å². The molecule has 3 nitrogen and oxygen atoms in total. The first-order valence-corrected chi connectivity index (χ1v) is 5.74. The lowest BCUT2D eigenvalue weighted by Crippen LogP contribution is -3.14. The molecule has 1 aromatic rings. The molecule has 15 heavy (non-hydrogen) atoms. The summed E-state index contributed by atoms with van der Waals surface area (Å²) >= 11 is 0. The normalized spacial score (nSPS) is 18.1. The van der Waals surface area contributed by atoms with Crippen LogP contribution in [0, 0.1) is 0 Å². The molecule has 0 unspecified atom stereocenters. The third-order valence-electron chi connectivity index (χ3n) is 3.25. The minimum absolute atomic E-state index is 0.900. The molecule has 0 spiro atoms. The maximum absolute atomic E-state index is 5.97. The van der Waals surface area contributed by atoms with E-state index in [4.69, 9.17) is 5.73 Å². The molecule has 1 saturated heterocycles. The highest BCUT2D eigenvalue weighted by Gasteiger charge is 2.19. The van der Waals surface area contributed by atoms with Crippen LogP contribution in [0.3, 0.4) is 0 Å². The fourth-order valence-corrected chi connectivity index (χ4v) is 2.19. The van der Waals surface area contributed by atoms with Gasteiger partial charge in [0.2, 0.25) is 0 Å². The van der Waals surface area contributed by atoms with Crippen LogP contribution in [0.1, 0.15) is 6.92 Å². The van der Waals surface area contributed by atoms with Crippen molar-refractivity contribution < 1.29 is 4.90 Å². The van der Waals surface area contributed by atoms with Crippen molar-refractivity contribution in [3.63, 3.8) is 0 Å². The predicted octanol–water partition coefficient (Wildman–Crippen LogP) is -0.00640. The number of anilines is 2. The number of piperazine rings is 1. The first-order valence-electron chi connectivity index (χ1n) is 5.74. The zero-order valence-corrected chi connectivity index (χ0v) is 9.37. The van der Waals surface area contributed by atoms with Crippen molar-refractivity contribution in [1.82, 2.24) is 0 Å². The molecule has 1 aromatic carbocycles. The number of nitrogens with one attached hydrogen (secondary N) is 1. The van der Waals surface area contributed by atoms with Gasteiger partial charge in [0, 0.05) is 0 Å². The SMILES string of the molecule is CC[NH+]1CCN(c2ccccc2N)CC1. The van der Waals surface area contributed by atoms with E-state index in [1.807, 2.05) is 12.1 Å². The van der Waals surface area contributed by atoms with Crippen molar-refractivity contribution in [3.8, 4) is 0 Å². The maximum Gasteiger partial charge on any atom is 0.0949 e. The van der Waals surface area contributed by atoms with Gasteiger partial charge in [-0.3, -0.25) is 0 Å². The third kappa shape index (κ3) is 2.23. The number of rotatable bonds is 2. The molecule has 3 heteroatoms. The maximum atomic E-state index is 5.97. The Hall–Kier alpha value is -1.22. The van der Waals surface area contributed by atoms with Crippen molar-refractivity contribution in [2.45, 2.75) is 6.92 Å². The lowest BCUT2D eigenvalue weighted by Gasteiger charge is -2.33.